The Morgan fingerprint density at radius 3 is 0.974 bits per heavy atom. The number of azo groups is 3. The van der Waals surface area contributed by atoms with Crippen LogP contribution in [0.1, 0.15) is 37.5 Å². The molecule has 182 valence electrons. The van der Waals surface area contributed by atoms with E-state index in [9.17, 15) is 0 Å². The summed E-state index contributed by atoms with van der Waals surface area (Å²) in [6.45, 7) is 5.01. The molecule has 3 aromatic carbocycles. The van der Waals surface area contributed by atoms with Crippen molar-refractivity contribution in [2.24, 2.45) is 30.7 Å². The van der Waals surface area contributed by atoms with E-state index in [0.29, 0.717) is 0 Å². The van der Waals surface area contributed by atoms with Gasteiger partial charge in [0.15, 0.2) is 0 Å². The molecule has 8 heteroatoms. The first-order valence-corrected chi connectivity index (χ1v) is 12.7. The second-order valence-corrected chi connectivity index (χ2v) is 10.9. The van der Waals surface area contributed by atoms with E-state index in [1.165, 1.54) is 0 Å². The van der Waals surface area contributed by atoms with Crippen LogP contribution in [0.3, 0.4) is 0 Å². The van der Waals surface area contributed by atoms with Gasteiger partial charge in [-0.25, -0.2) is 15.3 Å². The van der Waals surface area contributed by atoms with E-state index in [1.54, 1.807) is 0 Å². The average molecular weight is 523 g/mol. The van der Waals surface area contributed by atoms with Crippen molar-refractivity contribution < 1.29 is 51.4 Å². The summed E-state index contributed by atoms with van der Waals surface area (Å²) in [5.74, 6) is 0. The van der Waals surface area contributed by atoms with Crippen molar-refractivity contribution in [2.45, 2.75) is 37.1 Å². The number of benzene rings is 3. The van der Waals surface area contributed by atoms with Crippen LogP contribution >= 0.6 is 0 Å². The van der Waals surface area contributed by atoms with E-state index in [4.69, 9.17) is 15.3 Å². The van der Waals surface area contributed by atoms with Crippen molar-refractivity contribution >= 4 is 23.8 Å². The number of rotatable bonds is 6. The first-order chi connectivity index (χ1) is 17.9. The second kappa shape index (κ2) is 10.5. The molecule has 6 nitrogen and oxygen atoms in total. The van der Waals surface area contributed by atoms with Crippen LogP contribution in [0.5, 0.6) is 0 Å². The minimum Gasteiger partial charge on any atom is -0.218 e. The van der Waals surface area contributed by atoms with Crippen molar-refractivity contribution in [1.82, 2.24) is 0 Å². The van der Waals surface area contributed by atoms with Crippen LogP contribution in [-0.2, 0) is 0 Å². The summed E-state index contributed by atoms with van der Waals surface area (Å²) in [5.41, 5.74) is 3.92. The van der Waals surface area contributed by atoms with Crippen LogP contribution in [-0.4, -0.2) is 23.0 Å². The molecule has 3 atom stereocenters. The van der Waals surface area contributed by atoms with Crippen LogP contribution in [0.2, 0.25) is 0 Å². The molecule has 0 amide bonds. The van der Waals surface area contributed by atoms with E-state index < -0.39 is 23.0 Å². The largest absolute Gasteiger partial charge is 1.00 e. The molecule has 0 radical (unpaired) electrons. The fourth-order valence-corrected chi connectivity index (χ4v) is 6.50. The SMILES string of the molecule is CC1([BH-](C2(C)C=C(c3ccccc3)N=N2)C2(C)C=C(c3ccccc3)N=N2)C=C(c2ccccc2)N=N1.[K+]. The Morgan fingerprint density at radius 1 is 0.447 bits per heavy atom. The van der Waals surface area contributed by atoms with Crippen molar-refractivity contribution in [1.29, 1.82) is 0 Å². The number of hydrogen-bond acceptors (Lipinski definition) is 6. The Kier molecular flexibility index (Phi) is 7.46. The maximum atomic E-state index is 4.91. The molecule has 0 fully saturated rings. The first kappa shape index (κ1) is 27.0. The summed E-state index contributed by atoms with van der Waals surface area (Å²) in [5, 5.41) is 28.7. The summed E-state index contributed by atoms with van der Waals surface area (Å²) >= 11 is 0. The third-order valence-electron chi connectivity index (χ3n) is 7.86. The predicted octanol–water partition coefficient (Wildman–Crippen LogP) is 4.63. The van der Waals surface area contributed by atoms with Gasteiger partial charge in [-0.2, -0.15) is 15.3 Å². The molecule has 3 aromatic rings. The third-order valence-corrected chi connectivity index (χ3v) is 7.86. The van der Waals surface area contributed by atoms with Crippen LogP contribution in [0.15, 0.2) is 140 Å². The van der Waals surface area contributed by atoms with Crippen LogP contribution in [0.4, 0.5) is 0 Å². The fraction of sp³-hybridized carbons (Fsp3) is 0.200. The second-order valence-electron chi connectivity index (χ2n) is 10.9. The smallest absolute Gasteiger partial charge is 0.218 e. The minimum absolute atomic E-state index is 0. The van der Waals surface area contributed by atoms with E-state index in [0.717, 1.165) is 33.8 Å². The minimum atomic E-state index is -1.44. The van der Waals surface area contributed by atoms with Gasteiger partial charge in [-0.15, -0.1) is 0 Å². The standard InChI is InChI=1S/C30H28BN6.K/c1-28(19-25(32-35-28)22-13-7-4-8-14-22)31(29(2)20-26(33-36-29)23-15-9-5-10-16-23)30(3)21-27(34-37-30)24-17-11-6-12-18-24;/h4-21,31H,1-3H3;/q-1;+1. The van der Waals surface area contributed by atoms with Gasteiger partial charge in [0.2, 0.25) is 0 Å². The number of nitrogens with zero attached hydrogens (tertiary/aromatic N) is 6. The maximum Gasteiger partial charge on any atom is 1.00 e. The summed E-state index contributed by atoms with van der Waals surface area (Å²) < 4.78 is 0. The molecule has 38 heavy (non-hydrogen) atoms. The molecule has 0 aliphatic carbocycles. The van der Waals surface area contributed by atoms with E-state index in [-0.39, 0.29) is 51.4 Å². The van der Waals surface area contributed by atoms with Gasteiger partial charge in [-0.05, 0) is 16.3 Å². The van der Waals surface area contributed by atoms with Crippen molar-refractivity contribution in [2.75, 3.05) is 0 Å². The van der Waals surface area contributed by atoms with Gasteiger partial charge < -0.3 is 0 Å². The van der Waals surface area contributed by atoms with Crippen LogP contribution in [0, 0.1) is 0 Å². The van der Waals surface area contributed by atoms with Crippen LogP contribution < -0.4 is 51.4 Å². The summed E-state index contributed by atoms with van der Waals surface area (Å²) in [7, 11) is 0. The Morgan fingerprint density at radius 2 is 0.711 bits per heavy atom. The molecule has 0 aromatic heterocycles. The van der Waals surface area contributed by atoms with Gasteiger partial charge in [0, 0.05) is 16.7 Å². The fourth-order valence-electron chi connectivity index (χ4n) is 6.50. The molecule has 0 saturated heterocycles. The Balaban J connectivity index is 0.00000294. The molecule has 0 spiro atoms. The molecule has 6 rings (SSSR count). The molecule has 0 N–H and O–H groups in total. The van der Waals surface area contributed by atoms with Crippen molar-refractivity contribution in [3.05, 3.63) is 126 Å². The molecule has 0 bridgehead atoms. The van der Waals surface area contributed by atoms with Gasteiger partial charge in [0.1, 0.15) is 0 Å². The predicted molar refractivity (Wildman–Crippen MR) is 150 cm³/mol. The van der Waals surface area contributed by atoms with Crippen LogP contribution in [0.25, 0.3) is 17.1 Å². The topological polar surface area (TPSA) is 74.2 Å². The Hall–Kier alpha value is -2.62. The summed E-state index contributed by atoms with van der Waals surface area (Å²) in [6.07, 6.45) is 6.56. The average Bonchev–Trinajstić information content (AvgIpc) is 3.63. The zero-order chi connectivity index (χ0) is 25.5. The van der Waals surface area contributed by atoms with E-state index >= 15 is 0 Å². The van der Waals surface area contributed by atoms with E-state index in [1.807, 2.05) is 54.6 Å². The molecular formula is C30H28BKN6. The van der Waals surface area contributed by atoms with Gasteiger partial charge in [-0.1, -0.05) is 130 Å². The quantitative estimate of drug-likeness (QED) is 0.424. The normalized spacial score (nSPS) is 28.0. The van der Waals surface area contributed by atoms with Gasteiger partial charge in [0.05, 0.1) is 23.8 Å². The molecular weight excluding hydrogens is 494 g/mol. The number of hydrogen-bond donors (Lipinski definition) is 0. The van der Waals surface area contributed by atoms with Gasteiger partial charge in [-0.3, -0.25) is 0 Å². The monoisotopic (exact) mass is 522 g/mol. The molecule has 3 unspecified atom stereocenters. The molecule has 3 heterocycles. The van der Waals surface area contributed by atoms with E-state index in [2.05, 4.69) is 90.7 Å². The molecule has 3 aliphatic heterocycles. The maximum absolute atomic E-state index is 4.91. The molecule has 3 aliphatic rings. The zero-order valence-electron chi connectivity index (χ0n) is 22.3. The Labute approximate surface area is 266 Å². The molecule has 0 saturated carbocycles. The van der Waals surface area contributed by atoms with Gasteiger partial charge in [0.25, 0.3) is 0 Å². The zero-order valence-corrected chi connectivity index (χ0v) is 25.4. The van der Waals surface area contributed by atoms with Crippen molar-refractivity contribution in [3.8, 4) is 0 Å². The third kappa shape index (κ3) is 4.92. The van der Waals surface area contributed by atoms with Crippen molar-refractivity contribution in [3.63, 3.8) is 0 Å². The summed E-state index contributed by atoms with van der Waals surface area (Å²) in [6, 6.07) is 30.6. The Bertz CT molecular complexity index is 1330. The van der Waals surface area contributed by atoms with Gasteiger partial charge >= 0.3 is 51.4 Å². The summed E-state index contributed by atoms with van der Waals surface area (Å²) in [4.78, 5) is 0. The first-order valence-electron chi connectivity index (χ1n) is 12.7.